The summed E-state index contributed by atoms with van der Waals surface area (Å²) in [6.07, 6.45) is 0. The number of anilines is 1. The molecule has 0 saturated carbocycles. The van der Waals surface area contributed by atoms with E-state index in [0.717, 1.165) is 17.8 Å². The number of aromatic nitrogens is 2. The third kappa shape index (κ3) is 3.19. The van der Waals surface area contributed by atoms with Gasteiger partial charge in [-0.3, -0.25) is 4.79 Å². The molecule has 0 spiro atoms. The first-order valence-electron chi connectivity index (χ1n) is 8.16. The van der Waals surface area contributed by atoms with Crippen LogP contribution in [0.2, 0.25) is 0 Å². The molecule has 0 radical (unpaired) electrons. The molecule has 4 rings (SSSR count). The smallest absolute Gasteiger partial charge is 0.342 e. The Kier molecular flexibility index (Phi) is 4.50. The highest BCUT2D eigenvalue weighted by molar-refractivity contribution is 7.00. The molecule has 1 amide bonds. The van der Waals surface area contributed by atoms with Gasteiger partial charge < -0.3 is 20.3 Å². The number of nitrogens with one attached hydrogen (secondary N) is 1. The second kappa shape index (κ2) is 7.12. The van der Waals surface area contributed by atoms with Gasteiger partial charge in [0.2, 0.25) is 0 Å². The van der Waals surface area contributed by atoms with Crippen LogP contribution in [0.4, 0.5) is 5.69 Å². The van der Waals surface area contributed by atoms with Gasteiger partial charge in [-0.25, -0.2) is 4.79 Å². The molecule has 4 aromatic rings. The molecule has 0 saturated heterocycles. The van der Waals surface area contributed by atoms with Crippen molar-refractivity contribution in [2.75, 3.05) is 11.9 Å². The van der Waals surface area contributed by atoms with E-state index in [0.29, 0.717) is 27.5 Å². The Morgan fingerprint density at radius 2 is 1.82 bits per heavy atom. The van der Waals surface area contributed by atoms with Crippen molar-refractivity contribution in [2.45, 2.75) is 0 Å². The zero-order valence-corrected chi connectivity index (χ0v) is 15.1. The number of carbonyl (C=O) groups excluding carboxylic acids is 2. The van der Waals surface area contributed by atoms with E-state index in [1.54, 1.807) is 42.5 Å². The average molecular weight is 395 g/mol. The Labute approximate surface area is 162 Å². The van der Waals surface area contributed by atoms with E-state index < -0.39 is 18.5 Å². The van der Waals surface area contributed by atoms with Crippen molar-refractivity contribution in [3.05, 3.63) is 54.1 Å². The predicted molar refractivity (Wildman–Crippen MR) is 104 cm³/mol. The van der Waals surface area contributed by atoms with Crippen LogP contribution in [0.3, 0.4) is 0 Å². The highest BCUT2D eigenvalue weighted by Gasteiger charge is 2.19. The lowest BCUT2D eigenvalue weighted by atomic mass is 10.0. The Hall–Kier alpha value is -3.72. The highest BCUT2D eigenvalue weighted by Crippen LogP contribution is 2.35. The summed E-state index contributed by atoms with van der Waals surface area (Å²) in [4.78, 5) is 24.4. The minimum Gasteiger partial charge on any atom is -0.507 e. The fraction of sp³-hybridized carbons (Fsp3) is 0.0526. The highest BCUT2D eigenvalue weighted by atomic mass is 32.1. The number of amides is 1. The zero-order chi connectivity index (χ0) is 19.7. The SMILES string of the molecule is O=C(COC(=O)c1cc(O)c2ccccc2c1O)Nc1cccc2nsnc12. The summed E-state index contributed by atoms with van der Waals surface area (Å²) >= 11 is 1.03. The van der Waals surface area contributed by atoms with Crippen LogP contribution in [0.25, 0.3) is 21.8 Å². The zero-order valence-electron chi connectivity index (χ0n) is 14.2. The molecule has 0 aliphatic carbocycles. The monoisotopic (exact) mass is 395 g/mol. The number of benzene rings is 3. The van der Waals surface area contributed by atoms with E-state index >= 15 is 0 Å². The van der Waals surface area contributed by atoms with Gasteiger partial charge in [-0.1, -0.05) is 30.3 Å². The minimum absolute atomic E-state index is 0.174. The van der Waals surface area contributed by atoms with Crippen LogP contribution in [-0.2, 0) is 9.53 Å². The third-order valence-electron chi connectivity index (χ3n) is 4.11. The number of ether oxygens (including phenoxy) is 1. The number of nitrogens with zero attached hydrogens (tertiary/aromatic N) is 2. The average Bonchev–Trinajstić information content (AvgIpc) is 3.19. The number of rotatable bonds is 4. The van der Waals surface area contributed by atoms with Crippen molar-refractivity contribution >= 4 is 51.1 Å². The van der Waals surface area contributed by atoms with E-state index in [1.807, 2.05) is 0 Å². The van der Waals surface area contributed by atoms with E-state index in [4.69, 9.17) is 4.74 Å². The second-order valence-corrected chi connectivity index (χ2v) is 6.43. The molecule has 1 heterocycles. The number of esters is 1. The summed E-state index contributed by atoms with van der Waals surface area (Å²) in [6, 6.07) is 12.8. The lowest BCUT2D eigenvalue weighted by Gasteiger charge is -2.10. The number of hydrogen-bond donors (Lipinski definition) is 3. The Balaban J connectivity index is 1.49. The maximum Gasteiger partial charge on any atom is 0.342 e. The van der Waals surface area contributed by atoms with Crippen molar-refractivity contribution in [3.63, 3.8) is 0 Å². The number of hydrogen-bond acceptors (Lipinski definition) is 8. The maximum absolute atomic E-state index is 12.3. The summed E-state index contributed by atoms with van der Waals surface area (Å²) in [6.45, 7) is -0.570. The Morgan fingerprint density at radius 1 is 1.04 bits per heavy atom. The lowest BCUT2D eigenvalue weighted by molar-refractivity contribution is -0.119. The molecule has 140 valence electrons. The molecule has 0 atom stereocenters. The van der Waals surface area contributed by atoms with E-state index in [-0.39, 0.29) is 17.1 Å². The maximum atomic E-state index is 12.3. The quantitative estimate of drug-likeness (QED) is 0.359. The first kappa shape index (κ1) is 17.7. The van der Waals surface area contributed by atoms with Crippen molar-refractivity contribution < 1.29 is 24.5 Å². The number of phenolic OH excluding ortho intramolecular Hbond substituents is 2. The Bertz CT molecular complexity index is 1220. The van der Waals surface area contributed by atoms with Crippen molar-refractivity contribution in [1.29, 1.82) is 0 Å². The fourth-order valence-corrected chi connectivity index (χ4v) is 3.35. The van der Waals surface area contributed by atoms with Crippen molar-refractivity contribution in [3.8, 4) is 11.5 Å². The van der Waals surface area contributed by atoms with Gasteiger partial charge in [0.15, 0.2) is 6.61 Å². The van der Waals surface area contributed by atoms with E-state index in [2.05, 4.69) is 14.1 Å². The fourth-order valence-electron chi connectivity index (χ4n) is 2.80. The molecule has 8 nitrogen and oxygen atoms in total. The molecule has 9 heteroatoms. The van der Waals surface area contributed by atoms with Crippen molar-refractivity contribution in [2.24, 2.45) is 0 Å². The van der Waals surface area contributed by atoms with Crippen molar-refractivity contribution in [1.82, 2.24) is 8.75 Å². The van der Waals surface area contributed by atoms with Gasteiger partial charge in [-0.2, -0.15) is 8.75 Å². The minimum atomic E-state index is -0.928. The topological polar surface area (TPSA) is 122 Å². The van der Waals surface area contributed by atoms with Gasteiger partial charge in [0.1, 0.15) is 28.1 Å². The van der Waals surface area contributed by atoms with Crippen LogP contribution in [0.5, 0.6) is 11.5 Å². The van der Waals surface area contributed by atoms with Gasteiger partial charge in [-0.05, 0) is 18.2 Å². The number of carbonyl (C=O) groups is 2. The molecule has 0 aliphatic rings. The van der Waals surface area contributed by atoms with E-state index in [1.165, 1.54) is 0 Å². The molecular weight excluding hydrogens is 382 g/mol. The molecular formula is C19H13N3O5S. The van der Waals surface area contributed by atoms with Gasteiger partial charge in [-0.15, -0.1) is 0 Å². The number of aromatic hydroxyl groups is 2. The standard InChI is InChI=1S/C19H13N3O5S/c23-15-8-12(18(25)11-5-2-1-4-10(11)15)19(26)27-9-16(24)20-13-6-3-7-14-17(13)22-28-21-14/h1-8,23,25H,9H2,(H,20,24). The molecule has 28 heavy (non-hydrogen) atoms. The molecule has 0 aliphatic heterocycles. The van der Waals surface area contributed by atoms with Crippen LogP contribution in [0.1, 0.15) is 10.4 Å². The van der Waals surface area contributed by atoms with Gasteiger partial charge >= 0.3 is 5.97 Å². The second-order valence-electron chi connectivity index (χ2n) is 5.90. The van der Waals surface area contributed by atoms with Gasteiger partial charge in [0, 0.05) is 10.8 Å². The molecule has 0 fully saturated rings. The predicted octanol–water partition coefficient (Wildman–Crippen LogP) is 3.05. The molecule has 0 bridgehead atoms. The Morgan fingerprint density at radius 3 is 2.64 bits per heavy atom. The number of phenols is 2. The van der Waals surface area contributed by atoms with Crippen LogP contribution in [0.15, 0.2) is 48.5 Å². The molecule has 0 unspecified atom stereocenters. The molecule has 3 aromatic carbocycles. The first-order chi connectivity index (χ1) is 13.5. The molecule has 3 N–H and O–H groups in total. The van der Waals surface area contributed by atoms with Crippen LogP contribution in [-0.4, -0.2) is 37.4 Å². The first-order valence-corrected chi connectivity index (χ1v) is 8.89. The van der Waals surface area contributed by atoms with E-state index in [9.17, 15) is 19.8 Å². The van der Waals surface area contributed by atoms with Crippen LogP contribution in [0, 0.1) is 0 Å². The summed E-state index contributed by atoms with van der Waals surface area (Å²) in [5.41, 5.74) is 1.42. The normalized spacial score (nSPS) is 10.9. The third-order valence-corrected chi connectivity index (χ3v) is 4.65. The summed E-state index contributed by atoms with van der Waals surface area (Å²) in [7, 11) is 0. The lowest BCUT2D eigenvalue weighted by Crippen LogP contribution is -2.21. The van der Waals surface area contributed by atoms with Crippen LogP contribution >= 0.6 is 11.7 Å². The summed E-state index contributed by atoms with van der Waals surface area (Å²) < 4.78 is 13.2. The summed E-state index contributed by atoms with van der Waals surface area (Å²) in [5.74, 6) is -2.00. The number of fused-ring (bicyclic) bond motifs is 2. The largest absolute Gasteiger partial charge is 0.507 e. The van der Waals surface area contributed by atoms with Crippen LogP contribution < -0.4 is 5.32 Å². The molecule has 1 aromatic heterocycles. The van der Waals surface area contributed by atoms with Gasteiger partial charge in [0.05, 0.1) is 17.4 Å². The van der Waals surface area contributed by atoms with Gasteiger partial charge in [0.25, 0.3) is 5.91 Å². The summed E-state index contributed by atoms with van der Waals surface area (Å²) in [5, 5.41) is 23.7.